The predicted molar refractivity (Wildman–Crippen MR) is 184 cm³/mol. The Bertz CT molecular complexity index is 1530. The van der Waals surface area contributed by atoms with Gasteiger partial charge in [-0.1, -0.05) is 13.8 Å². The lowest BCUT2D eigenvalue weighted by Crippen LogP contribution is -2.64. The summed E-state index contributed by atoms with van der Waals surface area (Å²) in [6.45, 7) is 17.0. The third-order valence-corrected chi connectivity index (χ3v) is 12.4. The highest BCUT2D eigenvalue weighted by atomic mass is 16.6. The lowest BCUT2D eigenvalue weighted by molar-refractivity contribution is -0.217. The van der Waals surface area contributed by atoms with Crippen molar-refractivity contribution in [1.82, 2.24) is 0 Å². The van der Waals surface area contributed by atoms with E-state index in [1.54, 1.807) is 26.8 Å². The van der Waals surface area contributed by atoms with Crippen LogP contribution in [0.25, 0.3) is 0 Å². The molecule has 3 saturated carbocycles. The first-order valence-electron chi connectivity index (χ1n) is 18.3. The smallest absolute Gasteiger partial charge is 0.303 e. The quantitative estimate of drug-likeness (QED) is 0.198. The van der Waals surface area contributed by atoms with E-state index >= 15 is 0 Å². The fourth-order valence-corrected chi connectivity index (χ4v) is 10.6. The summed E-state index contributed by atoms with van der Waals surface area (Å²) in [4.78, 5) is 89.0. The molecule has 4 aliphatic carbocycles. The molecule has 0 heterocycles. The molecule has 0 aliphatic heterocycles. The van der Waals surface area contributed by atoms with Crippen molar-refractivity contribution in [1.29, 1.82) is 0 Å². The molecule has 0 spiro atoms. The van der Waals surface area contributed by atoms with Crippen LogP contribution < -0.4 is 0 Å². The van der Waals surface area contributed by atoms with Crippen LogP contribution in [0.5, 0.6) is 0 Å². The number of esters is 6. The summed E-state index contributed by atoms with van der Waals surface area (Å²) in [5, 5.41) is 0. The Morgan fingerprint density at radius 2 is 1.37 bits per heavy atom. The topological polar surface area (TPSA) is 175 Å². The van der Waals surface area contributed by atoms with Gasteiger partial charge in [0.1, 0.15) is 35.1 Å². The summed E-state index contributed by atoms with van der Waals surface area (Å²) >= 11 is 0. The first kappa shape index (κ1) is 41.0. The van der Waals surface area contributed by atoms with Gasteiger partial charge in [-0.25, -0.2) is 0 Å². The third-order valence-electron chi connectivity index (χ3n) is 12.4. The Hall–Kier alpha value is -3.77. The van der Waals surface area contributed by atoms with E-state index in [-0.39, 0.29) is 37.4 Å². The molecule has 52 heavy (non-hydrogen) atoms. The zero-order valence-electron chi connectivity index (χ0n) is 32.5. The number of carbonyl (C=O) groups is 7. The van der Waals surface area contributed by atoms with Crippen LogP contribution in [0.4, 0.5) is 0 Å². The average molecular weight is 733 g/mol. The Morgan fingerprint density at radius 1 is 0.769 bits per heavy atom. The molecule has 13 nitrogen and oxygen atoms in total. The van der Waals surface area contributed by atoms with Crippen molar-refractivity contribution in [2.75, 3.05) is 0 Å². The highest BCUT2D eigenvalue weighted by Gasteiger charge is 2.72. The molecule has 0 bridgehead atoms. The number of fused-ring (bicyclic) bond motifs is 5. The summed E-state index contributed by atoms with van der Waals surface area (Å²) < 4.78 is 35.4. The fraction of sp³-hybridized carbons (Fsp3) is 0.769. The van der Waals surface area contributed by atoms with Gasteiger partial charge in [0.05, 0.1) is 0 Å². The van der Waals surface area contributed by atoms with Crippen LogP contribution in [-0.2, 0) is 62.0 Å². The molecule has 13 heteroatoms. The molecule has 0 amide bonds. The van der Waals surface area contributed by atoms with E-state index in [9.17, 15) is 33.6 Å². The maximum atomic E-state index is 14.3. The molecule has 4 aliphatic rings. The van der Waals surface area contributed by atoms with Crippen LogP contribution in [0, 0.1) is 28.6 Å². The Labute approximate surface area is 306 Å². The van der Waals surface area contributed by atoms with Crippen molar-refractivity contribution < 1.29 is 62.0 Å². The number of carbonyl (C=O) groups excluding carboxylic acids is 7. The van der Waals surface area contributed by atoms with E-state index in [1.807, 2.05) is 13.8 Å². The molecule has 3 fully saturated rings. The summed E-state index contributed by atoms with van der Waals surface area (Å²) in [7, 11) is 0. The molecule has 0 aromatic heterocycles. The van der Waals surface area contributed by atoms with Gasteiger partial charge in [-0.15, -0.1) is 0 Å². The zero-order valence-corrected chi connectivity index (χ0v) is 32.5. The van der Waals surface area contributed by atoms with E-state index in [0.29, 0.717) is 31.3 Å². The molecular weight excluding hydrogens is 676 g/mol. The zero-order chi connectivity index (χ0) is 39.2. The van der Waals surface area contributed by atoms with Gasteiger partial charge >= 0.3 is 35.8 Å². The number of hydrogen-bond donors (Lipinski definition) is 0. The molecule has 0 radical (unpaired) electrons. The molecule has 10 atom stereocenters. The van der Waals surface area contributed by atoms with Crippen LogP contribution in [0.3, 0.4) is 0 Å². The maximum Gasteiger partial charge on any atom is 0.303 e. The average Bonchev–Trinajstić information content (AvgIpc) is 3.27. The van der Waals surface area contributed by atoms with Gasteiger partial charge in [0, 0.05) is 58.8 Å². The van der Waals surface area contributed by atoms with E-state index in [4.69, 9.17) is 28.4 Å². The van der Waals surface area contributed by atoms with Gasteiger partial charge in [0.25, 0.3) is 0 Å². The standard InChI is InChI=1S/C39H56O13/c1-21(40)47-31-19-29-30(46)18-28-27(36(29,9)20-32(31)48-22(2)41)12-16-37(10)33(13-17-39(28,37)52-26(6)45)38(11,51-25(5)44)34(49-23(3)42)14-15-35(7,8)50-24(4)43/h18,27,29,31-34H,12-17,19-20H2,1-11H3/t27-,29-,31+,32-,33-,34+,36+,37+,38+,39+/m0/s1. The van der Waals surface area contributed by atoms with Crippen molar-refractivity contribution in [2.45, 2.75) is 163 Å². The number of allylic oxidation sites excluding steroid dienone is 1. The van der Waals surface area contributed by atoms with Gasteiger partial charge < -0.3 is 28.4 Å². The molecule has 0 saturated heterocycles. The van der Waals surface area contributed by atoms with Crippen LogP contribution in [0.15, 0.2) is 11.6 Å². The van der Waals surface area contributed by atoms with E-state index in [2.05, 4.69) is 0 Å². The maximum absolute atomic E-state index is 14.3. The molecular formula is C39H56O13. The van der Waals surface area contributed by atoms with E-state index in [0.717, 1.165) is 0 Å². The Balaban J connectivity index is 1.84. The van der Waals surface area contributed by atoms with E-state index < -0.39 is 93.6 Å². The van der Waals surface area contributed by atoms with Crippen molar-refractivity contribution in [2.24, 2.45) is 28.6 Å². The normalized spacial score (nSPS) is 34.1. The fourth-order valence-electron chi connectivity index (χ4n) is 10.6. The van der Waals surface area contributed by atoms with Crippen molar-refractivity contribution in [3.05, 3.63) is 11.6 Å². The van der Waals surface area contributed by atoms with Gasteiger partial charge in [-0.2, -0.15) is 0 Å². The van der Waals surface area contributed by atoms with Crippen molar-refractivity contribution in [3.8, 4) is 0 Å². The second kappa shape index (κ2) is 14.6. The monoisotopic (exact) mass is 732 g/mol. The number of ether oxygens (including phenoxy) is 6. The first-order valence-corrected chi connectivity index (χ1v) is 18.3. The van der Waals surface area contributed by atoms with Gasteiger partial charge in [0.15, 0.2) is 5.78 Å². The number of rotatable bonds is 11. The predicted octanol–water partition coefficient (Wildman–Crippen LogP) is 5.28. The second-order valence-corrected chi connectivity index (χ2v) is 16.6. The number of ketones is 1. The third kappa shape index (κ3) is 7.64. The van der Waals surface area contributed by atoms with Crippen molar-refractivity contribution >= 4 is 41.6 Å². The minimum Gasteiger partial charge on any atom is -0.460 e. The molecule has 290 valence electrons. The van der Waals surface area contributed by atoms with Crippen LogP contribution in [-0.4, -0.2) is 76.7 Å². The first-order chi connectivity index (χ1) is 23.9. The highest BCUT2D eigenvalue weighted by molar-refractivity contribution is 5.95. The second-order valence-electron chi connectivity index (χ2n) is 16.6. The Morgan fingerprint density at radius 3 is 1.90 bits per heavy atom. The van der Waals surface area contributed by atoms with Crippen molar-refractivity contribution in [3.63, 3.8) is 0 Å². The summed E-state index contributed by atoms with van der Waals surface area (Å²) in [5.74, 6) is -4.80. The molecule has 0 aromatic rings. The van der Waals surface area contributed by atoms with Crippen LogP contribution in [0.1, 0.15) is 128 Å². The summed E-state index contributed by atoms with van der Waals surface area (Å²) in [6.07, 6.45) is 1.67. The molecule has 0 aromatic carbocycles. The Kier molecular flexibility index (Phi) is 11.5. The van der Waals surface area contributed by atoms with Crippen LogP contribution in [0.2, 0.25) is 0 Å². The summed E-state index contributed by atoms with van der Waals surface area (Å²) in [6, 6.07) is 0. The van der Waals surface area contributed by atoms with E-state index in [1.165, 1.54) is 41.5 Å². The lowest BCUT2D eigenvalue weighted by atomic mass is 9.45. The van der Waals surface area contributed by atoms with Gasteiger partial charge in [0.2, 0.25) is 0 Å². The lowest BCUT2D eigenvalue weighted by Gasteiger charge is -2.61. The summed E-state index contributed by atoms with van der Waals surface area (Å²) in [5.41, 5.74) is -4.63. The van der Waals surface area contributed by atoms with Gasteiger partial charge in [-0.05, 0) is 95.1 Å². The largest absolute Gasteiger partial charge is 0.460 e. The van der Waals surface area contributed by atoms with Crippen LogP contribution >= 0.6 is 0 Å². The van der Waals surface area contributed by atoms with Gasteiger partial charge in [-0.3, -0.25) is 33.6 Å². The highest BCUT2D eigenvalue weighted by Crippen LogP contribution is 2.70. The number of hydrogen-bond acceptors (Lipinski definition) is 13. The molecule has 4 rings (SSSR count). The minimum absolute atomic E-state index is 0.172. The molecule has 0 unspecified atom stereocenters. The SMILES string of the molecule is CC(=O)O[C@H]1C[C@@]2(C)[C@@H](C[C@H]1OC(C)=O)C(=O)C=C1[C@@H]2CC[C@]2(C)[C@@H]([C@@](C)(OC(C)=O)[C@@H](CCC(C)(C)OC(C)=O)OC(C)=O)CC[C@@]12OC(C)=O. The minimum atomic E-state index is -1.43. The molecule has 0 N–H and O–H groups in total.